The first-order chi connectivity index (χ1) is 9.58. The monoisotopic (exact) mass is 280 g/mol. The zero-order valence-electron chi connectivity index (χ0n) is 13.6. The van der Waals surface area contributed by atoms with Crippen LogP contribution in [0, 0.1) is 16.7 Å². The Hall–Kier alpha value is -1.04. The van der Waals surface area contributed by atoms with Gasteiger partial charge in [0.25, 0.3) is 0 Å². The lowest BCUT2D eigenvalue weighted by Crippen LogP contribution is -2.30. The fourth-order valence-electron chi connectivity index (χ4n) is 2.65. The number of nitrogens with one attached hydrogen (secondary N) is 1. The van der Waals surface area contributed by atoms with E-state index in [0.717, 1.165) is 12.8 Å². The van der Waals surface area contributed by atoms with Crippen molar-refractivity contribution in [2.24, 2.45) is 5.41 Å². The molecule has 3 nitrogen and oxygen atoms in total. The van der Waals surface area contributed by atoms with Gasteiger partial charge in [0.1, 0.15) is 6.54 Å². The maximum absolute atomic E-state index is 11.9. The molecule has 0 aliphatic heterocycles. The number of nitrogens with zero attached hydrogens (tertiary/aromatic N) is 1. The summed E-state index contributed by atoms with van der Waals surface area (Å²) in [5, 5.41) is 11.2. The molecule has 20 heavy (non-hydrogen) atoms. The summed E-state index contributed by atoms with van der Waals surface area (Å²) < 4.78 is 0. The van der Waals surface area contributed by atoms with Crippen LogP contribution in [0.1, 0.15) is 85.0 Å². The number of unbranched alkanes of at least 4 members (excludes halogenated alkanes) is 5. The van der Waals surface area contributed by atoms with Gasteiger partial charge in [-0.15, -0.1) is 0 Å². The van der Waals surface area contributed by atoms with Crippen molar-refractivity contribution < 1.29 is 4.79 Å². The summed E-state index contributed by atoms with van der Waals surface area (Å²) in [5.41, 5.74) is 0.0990. The Morgan fingerprint density at radius 3 is 2.25 bits per heavy atom. The van der Waals surface area contributed by atoms with Crippen LogP contribution in [0.5, 0.6) is 0 Å². The van der Waals surface area contributed by atoms with Gasteiger partial charge in [-0.1, -0.05) is 65.7 Å². The van der Waals surface area contributed by atoms with E-state index in [1.54, 1.807) is 0 Å². The van der Waals surface area contributed by atoms with Crippen molar-refractivity contribution in [1.29, 1.82) is 5.26 Å². The average Bonchev–Trinajstić information content (AvgIpc) is 2.43. The Bertz CT molecular complexity index is 296. The van der Waals surface area contributed by atoms with Crippen LogP contribution in [0.4, 0.5) is 0 Å². The van der Waals surface area contributed by atoms with Crippen molar-refractivity contribution in [3.05, 3.63) is 0 Å². The number of nitriles is 1. The number of rotatable bonds is 12. The molecule has 1 atom stereocenters. The van der Waals surface area contributed by atoms with E-state index in [-0.39, 0.29) is 17.9 Å². The lowest BCUT2D eigenvalue weighted by Gasteiger charge is -2.29. The van der Waals surface area contributed by atoms with Crippen molar-refractivity contribution in [2.45, 2.75) is 85.0 Å². The highest BCUT2D eigenvalue weighted by Gasteiger charge is 2.26. The molecule has 0 radical (unpaired) electrons. The summed E-state index contributed by atoms with van der Waals surface area (Å²) in [6.45, 7) is 6.77. The second-order valence-electron chi connectivity index (χ2n) is 6.19. The van der Waals surface area contributed by atoms with Crippen LogP contribution in [-0.4, -0.2) is 12.5 Å². The van der Waals surface area contributed by atoms with Gasteiger partial charge in [-0.25, -0.2) is 0 Å². The highest BCUT2D eigenvalue weighted by atomic mass is 16.1. The van der Waals surface area contributed by atoms with Crippen molar-refractivity contribution in [2.75, 3.05) is 6.54 Å². The number of carbonyl (C=O) groups is 1. The van der Waals surface area contributed by atoms with Gasteiger partial charge in [0, 0.05) is 6.42 Å². The summed E-state index contributed by atoms with van der Waals surface area (Å²) in [4.78, 5) is 11.9. The quantitative estimate of drug-likeness (QED) is 0.420. The van der Waals surface area contributed by atoms with E-state index >= 15 is 0 Å². The topological polar surface area (TPSA) is 52.9 Å². The van der Waals surface area contributed by atoms with Gasteiger partial charge in [0.15, 0.2) is 0 Å². The van der Waals surface area contributed by atoms with Gasteiger partial charge >= 0.3 is 0 Å². The molecule has 0 spiro atoms. The molecule has 116 valence electrons. The molecule has 0 aliphatic carbocycles. The molecule has 1 amide bonds. The summed E-state index contributed by atoms with van der Waals surface area (Å²) in [7, 11) is 0. The Morgan fingerprint density at radius 1 is 1.05 bits per heavy atom. The second-order valence-corrected chi connectivity index (χ2v) is 6.19. The van der Waals surface area contributed by atoms with E-state index in [4.69, 9.17) is 5.26 Å². The van der Waals surface area contributed by atoms with Gasteiger partial charge in [-0.3, -0.25) is 4.79 Å². The fraction of sp³-hybridized carbons (Fsp3) is 0.882. The van der Waals surface area contributed by atoms with E-state index < -0.39 is 0 Å². The number of carbonyl (C=O) groups excluding carboxylic acids is 1. The first-order valence-corrected chi connectivity index (χ1v) is 8.21. The fourth-order valence-corrected chi connectivity index (χ4v) is 2.65. The zero-order valence-corrected chi connectivity index (χ0v) is 13.6. The van der Waals surface area contributed by atoms with Crippen LogP contribution in [0.3, 0.4) is 0 Å². The Morgan fingerprint density at radius 2 is 1.65 bits per heavy atom. The van der Waals surface area contributed by atoms with Crippen LogP contribution >= 0.6 is 0 Å². The molecule has 0 aliphatic rings. The third kappa shape index (κ3) is 9.83. The van der Waals surface area contributed by atoms with Crippen molar-refractivity contribution >= 4 is 5.91 Å². The van der Waals surface area contributed by atoms with Gasteiger partial charge in [0.05, 0.1) is 6.07 Å². The van der Waals surface area contributed by atoms with Gasteiger partial charge in [-0.05, 0) is 18.3 Å². The molecule has 0 bridgehead atoms. The van der Waals surface area contributed by atoms with E-state index in [9.17, 15) is 4.79 Å². The molecule has 0 aromatic heterocycles. The van der Waals surface area contributed by atoms with E-state index in [1.165, 1.54) is 44.9 Å². The van der Waals surface area contributed by atoms with Crippen LogP contribution in [0.2, 0.25) is 0 Å². The van der Waals surface area contributed by atoms with Crippen LogP contribution in [0.25, 0.3) is 0 Å². The molecule has 0 saturated carbocycles. The molecule has 0 aromatic rings. The number of hydrogen-bond acceptors (Lipinski definition) is 2. The molecule has 1 unspecified atom stereocenters. The molecule has 0 aromatic carbocycles. The normalized spacial score (nSPS) is 13.5. The maximum atomic E-state index is 11.9. The molecule has 1 N–H and O–H groups in total. The summed E-state index contributed by atoms with van der Waals surface area (Å²) in [6, 6.07) is 1.96. The molecular formula is C17H32N2O. The Kier molecular flexibility index (Phi) is 11.1. The summed E-state index contributed by atoms with van der Waals surface area (Å²) in [6.07, 6.45) is 11.5. The van der Waals surface area contributed by atoms with Crippen molar-refractivity contribution in [3.8, 4) is 6.07 Å². The van der Waals surface area contributed by atoms with Gasteiger partial charge in [0.2, 0.25) is 5.91 Å². The smallest absolute Gasteiger partial charge is 0.221 e. The minimum Gasteiger partial charge on any atom is -0.343 e. The molecule has 3 heteroatoms. The maximum Gasteiger partial charge on any atom is 0.221 e. The molecule has 0 heterocycles. The molecule has 0 rings (SSSR count). The van der Waals surface area contributed by atoms with E-state index in [2.05, 4.69) is 26.1 Å². The first-order valence-electron chi connectivity index (χ1n) is 8.21. The Balaban J connectivity index is 4.20. The van der Waals surface area contributed by atoms with Gasteiger partial charge < -0.3 is 5.32 Å². The predicted molar refractivity (Wildman–Crippen MR) is 84.2 cm³/mol. The van der Waals surface area contributed by atoms with Crippen molar-refractivity contribution in [1.82, 2.24) is 5.32 Å². The van der Waals surface area contributed by atoms with Crippen LogP contribution in [0.15, 0.2) is 0 Å². The minimum absolute atomic E-state index is 0.0266. The standard InChI is InChI=1S/C17H32N2O/c1-4-6-8-9-10-12-17(3,11-7-5-2)15-16(20)19-14-13-18/h4-12,14-15H2,1-3H3,(H,19,20). The largest absolute Gasteiger partial charge is 0.343 e. The van der Waals surface area contributed by atoms with Crippen molar-refractivity contribution in [3.63, 3.8) is 0 Å². The highest BCUT2D eigenvalue weighted by Crippen LogP contribution is 2.34. The summed E-state index contributed by atoms with van der Waals surface area (Å²) >= 11 is 0. The highest BCUT2D eigenvalue weighted by molar-refractivity contribution is 5.76. The number of amides is 1. The SMILES string of the molecule is CCCCCCCC(C)(CCCC)CC(=O)NCC#N. The minimum atomic E-state index is 0.0266. The third-order valence-electron chi connectivity index (χ3n) is 3.97. The molecule has 0 fully saturated rings. The zero-order chi connectivity index (χ0) is 15.3. The lowest BCUT2D eigenvalue weighted by atomic mass is 9.77. The lowest BCUT2D eigenvalue weighted by molar-refractivity contribution is -0.123. The average molecular weight is 280 g/mol. The Labute approximate surface area is 125 Å². The number of hydrogen-bond donors (Lipinski definition) is 1. The molecular weight excluding hydrogens is 248 g/mol. The predicted octanol–water partition coefficient (Wildman–Crippen LogP) is 4.57. The van der Waals surface area contributed by atoms with E-state index in [1.807, 2.05) is 6.07 Å². The van der Waals surface area contributed by atoms with Gasteiger partial charge in [-0.2, -0.15) is 5.26 Å². The summed E-state index contributed by atoms with van der Waals surface area (Å²) in [5.74, 6) is 0.0266. The first kappa shape index (κ1) is 19.0. The van der Waals surface area contributed by atoms with E-state index in [0.29, 0.717) is 6.42 Å². The second kappa shape index (κ2) is 11.8. The van der Waals surface area contributed by atoms with Crippen LogP contribution in [-0.2, 0) is 4.79 Å². The third-order valence-corrected chi connectivity index (χ3v) is 3.97. The van der Waals surface area contributed by atoms with Crippen LogP contribution < -0.4 is 5.32 Å². The molecule has 0 saturated heterocycles.